The van der Waals surface area contributed by atoms with Gasteiger partial charge in [0.1, 0.15) is 11.3 Å². The van der Waals surface area contributed by atoms with Crippen LogP contribution in [-0.4, -0.2) is 17.4 Å². The Labute approximate surface area is 146 Å². The lowest BCUT2D eigenvalue weighted by Crippen LogP contribution is -2.21. The van der Waals surface area contributed by atoms with Crippen LogP contribution in [0.4, 0.5) is 4.39 Å². The quantitative estimate of drug-likeness (QED) is 0.682. The smallest absolute Gasteiger partial charge is 0.216 e. The van der Waals surface area contributed by atoms with Gasteiger partial charge < -0.3 is 9.73 Å². The lowest BCUT2D eigenvalue weighted by molar-refractivity contribution is -0.118. The third-order valence-electron chi connectivity index (χ3n) is 4.14. The van der Waals surface area contributed by atoms with Gasteiger partial charge in [0.25, 0.3) is 0 Å². The molecule has 0 fully saturated rings. The number of hydrogen-bond acceptors (Lipinski definition) is 3. The molecule has 1 amide bonds. The van der Waals surface area contributed by atoms with Crippen LogP contribution in [-0.2, 0) is 17.6 Å². The zero-order valence-electron chi connectivity index (χ0n) is 14.4. The number of aryl methyl sites for hydroxylation is 2. The van der Waals surface area contributed by atoms with Crippen LogP contribution < -0.4 is 5.32 Å². The van der Waals surface area contributed by atoms with E-state index in [0.717, 1.165) is 47.1 Å². The molecule has 3 aromatic rings. The molecule has 130 valence electrons. The highest BCUT2D eigenvalue weighted by Crippen LogP contribution is 2.32. The van der Waals surface area contributed by atoms with Crippen LogP contribution in [0.25, 0.3) is 22.2 Å². The van der Waals surface area contributed by atoms with Crippen LogP contribution in [0.3, 0.4) is 0 Å². The van der Waals surface area contributed by atoms with Crippen LogP contribution >= 0.6 is 0 Å². The largest absolute Gasteiger partial charge is 0.440 e. The van der Waals surface area contributed by atoms with E-state index in [9.17, 15) is 9.18 Å². The topological polar surface area (TPSA) is 55.1 Å². The van der Waals surface area contributed by atoms with E-state index in [2.05, 4.69) is 10.3 Å². The Morgan fingerprint density at radius 3 is 2.64 bits per heavy atom. The van der Waals surface area contributed by atoms with Crippen LogP contribution in [0.5, 0.6) is 0 Å². The van der Waals surface area contributed by atoms with Gasteiger partial charge in [-0.1, -0.05) is 25.1 Å². The number of benzene rings is 2. The Hall–Kier alpha value is -2.69. The van der Waals surface area contributed by atoms with Crippen molar-refractivity contribution in [3.63, 3.8) is 0 Å². The lowest BCUT2D eigenvalue weighted by Gasteiger charge is -2.11. The van der Waals surface area contributed by atoms with Crippen LogP contribution in [0.2, 0.25) is 0 Å². The summed E-state index contributed by atoms with van der Waals surface area (Å²) in [6.07, 6.45) is 2.25. The third-order valence-corrected chi connectivity index (χ3v) is 4.14. The second kappa shape index (κ2) is 7.47. The Morgan fingerprint density at radius 1 is 1.20 bits per heavy atom. The van der Waals surface area contributed by atoms with E-state index < -0.39 is 0 Å². The number of fused-ring (bicyclic) bond motifs is 1. The molecule has 0 unspecified atom stereocenters. The predicted octanol–water partition coefficient (Wildman–Crippen LogP) is 4.27. The zero-order chi connectivity index (χ0) is 17.8. The number of oxazole rings is 1. The van der Waals surface area contributed by atoms with E-state index in [1.54, 1.807) is 12.1 Å². The van der Waals surface area contributed by atoms with Crippen molar-refractivity contribution in [3.05, 3.63) is 53.7 Å². The van der Waals surface area contributed by atoms with Gasteiger partial charge in [-0.2, -0.15) is 0 Å². The molecule has 2 aromatic carbocycles. The number of nitrogens with zero attached hydrogens (tertiary/aromatic N) is 1. The fourth-order valence-corrected chi connectivity index (χ4v) is 2.92. The van der Waals surface area contributed by atoms with Crippen molar-refractivity contribution in [2.45, 2.75) is 33.1 Å². The number of aromatic nitrogens is 1. The fourth-order valence-electron chi connectivity index (χ4n) is 2.92. The fraction of sp³-hybridized carbons (Fsp3) is 0.300. The molecule has 0 saturated heterocycles. The van der Waals surface area contributed by atoms with E-state index in [4.69, 9.17) is 4.42 Å². The maximum Gasteiger partial charge on any atom is 0.216 e. The monoisotopic (exact) mass is 340 g/mol. The molecule has 1 N–H and O–H groups in total. The Balaban J connectivity index is 2.00. The molecule has 0 radical (unpaired) electrons. The van der Waals surface area contributed by atoms with Crippen molar-refractivity contribution >= 4 is 17.0 Å². The summed E-state index contributed by atoms with van der Waals surface area (Å²) in [5.41, 5.74) is 4.60. The van der Waals surface area contributed by atoms with Gasteiger partial charge in [0.15, 0.2) is 11.5 Å². The van der Waals surface area contributed by atoms with E-state index in [1.807, 2.05) is 19.1 Å². The van der Waals surface area contributed by atoms with E-state index in [1.165, 1.54) is 19.1 Å². The minimum Gasteiger partial charge on any atom is -0.440 e. The Bertz CT molecular complexity index is 885. The SMILES string of the molecule is CCc1nc2ccc(-c3ccc(F)cc3)c(CCCNC(C)=O)c2o1. The maximum absolute atomic E-state index is 13.3. The summed E-state index contributed by atoms with van der Waals surface area (Å²) in [7, 11) is 0. The number of nitrogens with one attached hydrogen (secondary N) is 1. The first-order chi connectivity index (χ1) is 12.1. The van der Waals surface area contributed by atoms with Gasteiger partial charge in [0, 0.05) is 25.5 Å². The number of hydrogen-bond donors (Lipinski definition) is 1. The number of carbonyl (C=O) groups excluding carboxylic acids is 1. The maximum atomic E-state index is 13.3. The highest BCUT2D eigenvalue weighted by molar-refractivity contribution is 5.85. The minimum absolute atomic E-state index is 0.0371. The highest BCUT2D eigenvalue weighted by Gasteiger charge is 2.15. The lowest BCUT2D eigenvalue weighted by atomic mass is 9.95. The summed E-state index contributed by atoms with van der Waals surface area (Å²) in [6, 6.07) is 10.4. The molecule has 0 bridgehead atoms. The molecule has 5 heteroatoms. The molecule has 0 aliphatic rings. The molecule has 0 spiro atoms. The number of rotatable bonds is 6. The minimum atomic E-state index is -0.259. The van der Waals surface area contributed by atoms with Crippen molar-refractivity contribution in [3.8, 4) is 11.1 Å². The molecule has 1 aromatic heterocycles. The summed E-state index contributed by atoms with van der Waals surface area (Å²) < 4.78 is 19.2. The zero-order valence-corrected chi connectivity index (χ0v) is 14.4. The summed E-state index contributed by atoms with van der Waals surface area (Å²) in [6.45, 7) is 4.11. The molecule has 0 saturated carbocycles. The Kier molecular flexibility index (Phi) is 5.12. The average Bonchev–Trinajstić information content (AvgIpc) is 3.03. The van der Waals surface area contributed by atoms with Gasteiger partial charge in [0.05, 0.1) is 0 Å². The van der Waals surface area contributed by atoms with Crippen molar-refractivity contribution in [2.75, 3.05) is 6.54 Å². The molecular weight excluding hydrogens is 319 g/mol. The van der Waals surface area contributed by atoms with Crippen LogP contribution in [0.15, 0.2) is 40.8 Å². The van der Waals surface area contributed by atoms with E-state index in [0.29, 0.717) is 12.4 Å². The number of halogens is 1. The summed E-state index contributed by atoms with van der Waals surface area (Å²) in [5.74, 6) is 0.407. The molecule has 1 heterocycles. The molecule has 0 atom stereocenters. The predicted molar refractivity (Wildman–Crippen MR) is 95.8 cm³/mol. The molecule has 25 heavy (non-hydrogen) atoms. The van der Waals surface area contributed by atoms with Crippen molar-refractivity contribution in [1.82, 2.24) is 10.3 Å². The number of amides is 1. The summed E-state index contributed by atoms with van der Waals surface area (Å²) in [4.78, 5) is 15.6. The Morgan fingerprint density at radius 2 is 1.96 bits per heavy atom. The van der Waals surface area contributed by atoms with Crippen LogP contribution in [0.1, 0.15) is 31.7 Å². The van der Waals surface area contributed by atoms with Gasteiger partial charge >= 0.3 is 0 Å². The first kappa shape index (κ1) is 17.1. The standard InChI is InChI=1S/C20H21FN2O2/c1-3-19-23-18-11-10-16(14-6-8-15(21)9-7-14)17(20(18)25-19)5-4-12-22-13(2)24/h6-11H,3-5,12H2,1-2H3,(H,22,24). The van der Waals surface area contributed by atoms with Gasteiger partial charge in [-0.05, 0) is 42.2 Å². The second-order valence-electron chi connectivity index (χ2n) is 5.99. The van der Waals surface area contributed by atoms with Crippen molar-refractivity contribution in [1.29, 1.82) is 0 Å². The summed E-state index contributed by atoms with van der Waals surface area (Å²) >= 11 is 0. The van der Waals surface area contributed by atoms with Gasteiger partial charge in [-0.3, -0.25) is 4.79 Å². The molecule has 4 nitrogen and oxygen atoms in total. The average molecular weight is 340 g/mol. The molecule has 3 rings (SSSR count). The second-order valence-corrected chi connectivity index (χ2v) is 5.99. The van der Waals surface area contributed by atoms with Crippen molar-refractivity contribution < 1.29 is 13.6 Å². The summed E-state index contributed by atoms with van der Waals surface area (Å²) in [5, 5.41) is 2.81. The van der Waals surface area contributed by atoms with Gasteiger partial charge in [-0.15, -0.1) is 0 Å². The van der Waals surface area contributed by atoms with E-state index in [-0.39, 0.29) is 11.7 Å². The first-order valence-corrected chi connectivity index (χ1v) is 8.50. The highest BCUT2D eigenvalue weighted by atomic mass is 19.1. The van der Waals surface area contributed by atoms with E-state index >= 15 is 0 Å². The van der Waals surface area contributed by atoms with Crippen molar-refractivity contribution in [2.24, 2.45) is 0 Å². The third kappa shape index (κ3) is 3.87. The van der Waals surface area contributed by atoms with Crippen LogP contribution in [0, 0.1) is 5.82 Å². The van der Waals surface area contributed by atoms with Gasteiger partial charge in [0.2, 0.25) is 5.91 Å². The first-order valence-electron chi connectivity index (χ1n) is 8.50. The molecule has 0 aliphatic carbocycles. The molecular formula is C20H21FN2O2. The normalized spacial score (nSPS) is 11.0. The van der Waals surface area contributed by atoms with Gasteiger partial charge in [-0.25, -0.2) is 9.37 Å². The molecule has 0 aliphatic heterocycles. The number of carbonyl (C=O) groups is 1.